The van der Waals surface area contributed by atoms with Crippen LogP contribution in [0.1, 0.15) is 52.9 Å². The van der Waals surface area contributed by atoms with Gasteiger partial charge in [0, 0.05) is 6.54 Å². The van der Waals surface area contributed by atoms with Crippen LogP contribution in [0.15, 0.2) is 4.99 Å². The van der Waals surface area contributed by atoms with Gasteiger partial charge in [0.15, 0.2) is 5.96 Å². The first-order chi connectivity index (χ1) is 16.3. The van der Waals surface area contributed by atoms with Crippen LogP contribution in [0.4, 0.5) is 0 Å². The fourth-order valence-corrected chi connectivity index (χ4v) is 3.01. The van der Waals surface area contributed by atoms with Crippen molar-refractivity contribution in [1.82, 2.24) is 16.0 Å². The lowest BCUT2D eigenvalue weighted by atomic mass is 10.0. The summed E-state index contributed by atoms with van der Waals surface area (Å²) in [6.07, 6.45) is 0.267. The zero-order valence-electron chi connectivity index (χ0n) is 20.7. The molecule has 0 radical (unpaired) electrons. The predicted octanol–water partition coefficient (Wildman–Crippen LogP) is -2.93. The molecule has 0 spiro atoms. The fourth-order valence-electron chi connectivity index (χ4n) is 3.01. The first-order valence-corrected chi connectivity index (χ1v) is 11.6. The smallest absolute Gasteiger partial charge is 0.326 e. The van der Waals surface area contributed by atoms with Crippen molar-refractivity contribution in [1.29, 1.82) is 0 Å². The molecular weight excluding hydrogens is 460 g/mol. The molecule has 202 valence electrons. The molecule has 0 heterocycles. The topological polar surface area (TPSA) is 261 Å². The molecule has 0 aromatic heterocycles. The molecule has 0 rings (SSSR count). The van der Waals surface area contributed by atoms with Crippen LogP contribution >= 0.6 is 0 Å². The maximum Gasteiger partial charge on any atom is 0.326 e. The van der Waals surface area contributed by atoms with E-state index in [0.717, 1.165) is 0 Å². The van der Waals surface area contributed by atoms with Crippen molar-refractivity contribution in [3.63, 3.8) is 0 Å². The number of rotatable bonds is 17. The van der Waals surface area contributed by atoms with Crippen molar-refractivity contribution in [2.75, 3.05) is 13.1 Å². The van der Waals surface area contributed by atoms with E-state index in [1.54, 1.807) is 13.8 Å². The quantitative estimate of drug-likeness (QED) is 0.0555. The highest BCUT2D eigenvalue weighted by Crippen LogP contribution is 2.06. The van der Waals surface area contributed by atoms with E-state index in [1.165, 1.54) is 6.92 Å². The Kier molecular flexibility index (Phi) is 15.2. The fraction of sp³-hybridized carbons (Fsp3) is 0.762. The van der Waals surface area contributed by atoms with E-state index in [2.05, 4.69) is 20.9 Å². The SMILES string of the molecule is CC(C)C(N)C(=O)NC(CCCN=C(N)N)C(=O)NC(C(=O)NC(CCCCN)C(=O)O)C(C)O. The second-order valence-corrected chi connectivity index (χ2v) is 8.69. The summed E-state index contributed by atoms with van der Waals surface area (Å²) in [5.74, 6) is -3.76. The number of unbranched alkanes of at least 4 members (excludes halogenated alkanes) is 1. The highest BCUT2D eigenvalue weighted by molar-refractivity contribution is 5.94. The number of carboxylic acids is 1. The lowest BCUT2D eigenvalue weighted by molar-refractivity contribution is -0.143. The van der Waals surface area contributed by atoms with Gasteiger partial charge in [0.1, 0.15) is 18.1 Å². The molecule has 14 heteroatoms. The van der Waals surface area contributed by atoms with Crippen LogP contribution in [0.2, 0.25) is 0 Å². The normalized spacial score (nSPS) is 15.3. The van der Waals surface area contributed by atoms with Crippen molar-refractivity contribution in [3.8, 4) is 0 Å². The third kappa shape index (κ3) is 12.9. The summed E-state index contributed by atoms with van der Waals surface area (Å²) in [4.78, 5) is 53.5. The minimum Gasteiger partial charge on any atom is -0.480 e. The molecule has 0 aromatic rings. The number of guanidine groups is 1. The molecule has 5 atom stereocenters. The monoisotopic (exact) mass is 502 g/mol. The number of nitrogens with one attached hydrogen (secondary N) is 3. The van der Waals surface area contributed by atoms with Crippen molar-refractivity contribution >= 4 is 29.7 Å². The Hall–Kier alpha value is -2.97. The van der Waals surface area contributed by atoms with Gasteiger partial charge < -0.3 is 49.1 Å². The Bertz CT molecular complexity index is 727. The number of carbonyl (C=O) groups excluding carboxylic acids is 3. The number of aliphatic carboxylic acids is 1. The molecule has 14 nitrogen and oxygen atoms in total. The average molecular weight is 503 g/mol. The van der Waals surface area contributed by atoms with Crippen molar-refractivity contribution in [3.05, 3.63) is 0 Å². The van der Waals surface area contributed by atoms with E-state index in [9.17, 15) is 29.4 Å². The molecule has 0 fully saturated rings. The zero-order chi connectivity index (χ0) is 27.1. The Morgan fingerprint density at radius 1 is 0.857 bits per heavy atom. The van der Waals surface area contributed by atoms with E-state index < -0.39 is 54.0 Å². The Balaban J connectivity index is 5.47. The molecular formula is C21H42N8O6. The maximum atomic E-state index is 13.0. The van der Waals surface area contributed by atoms with Gasteiger partial charge in [-0.15, -0.1) is 0 Å². The van der Waals surface area contributed by atoms with Gasteiger partial charge in [-0.25, -0.2) is 4.79 Å². The lowest BCUT2D eigenvalue weighted by Gasteiger charge is -2.27. The number of hydrogen-bond donors (Lipinski definition) is 9. The molecule has 13 N–H and O–H groups in total. The lowest BCUT2D eigenvalue weighted by Crippen LogP contribution is -2.60. The molecule has 0 aliphatic heterocycles. The van der Waals surface area contributed by atoms with Crippen LogP contribution in [-0.2, 0) is 19.2 Å². The van der Waals surface area contributed by atoms with Gasteiger partial charge in [-0.1, -0.05) is 13.8 Å². The van der Waals surface area contributed by atoms with Crippen molar-refractivity contribution < 1.29 is 29.4 Å². The standard InChI is InChI=1S/C21H42N8O6/c1-11(2)15(23)18(32)27-13(8-6-10-26-21(24)25)17(31)29-16(12(3)30)19(33)28-14(20(34)35)7-4-5-9-22/h11-16,30H,4-10,22-23H2,1-3H3,(H,27,32)(H,28,33)(H,29,31)(H,34,35)(H4,24,25,26). The third-order valence-electron chi connectivity index (χ3n) is 5.22. The number of carbonyl (C=O) groups is 4. The molecule has 0 saturated heterocycles. The minimum absolute atomic E-state index is 0.115. The minimum atomic E-state index is -1.46. The van der Waals surface area contributed by atoms with Crippen LogP contribution in [0.5, 0.6) is 0 Å². The molecule has 35 heavy (non-hydrogen) atoms. The summed E-state index contributed by atoms with van der Waals surface area (Å²) < 4.78 is 0. The summed E-state index contributed by atoms with van der Waals surface area (Å²) in [6.45, 7) is 5.34. The van der Waals surface area contributed by atoms with Gasteiger partial charge in [0.05, 0.1) is 12.1 Å². The van der Waals surface area contributed by atoms with Crippen molar-refractivity contribution in [2.24, 2.45) is 33.8 Å². The largest absolute Gasteiger partial charge is 0.480 e. The van der Waals surface area contributed by atoms with E-state index in [4.69, 9.17) is 22.9 Å². The van der Waals surface area contributed by atoms with E-state index in [1.807, 2.05) is 0 Å². The molecule has 5 unspecified atom stereocenters. The third-order valence-corrected chi connectivity index (χ3v) is 5.22. The second kappa shape index (κ2) is 16.6. The first-order valence-electron chi connectivity index (χ1n) is 11.6. The van der Waals surface area contributed by atoms with Gasteiger partial charge in [-0.05, 0) is 51.5 Å². The van der Waals surface area contributed by atoms with Gasteiger partial charge in [0.25, 0.3) is 0 Å². The number of carboxylic acid groups (broad SMARTS) is 1. The van der Waals surface area contributed by atoms with Gasteiger partial charge in [-0.2, -0.15) is 0 Å². The summed E-state index contributed by atoms with van der Waals surface area (Å²) in [6, 6.07) is -4.65. The second-order valence-electron chi connectivity index (χ2n) is 8.69. The molecule has 3 amide bonds. The van der Waals surface area contributed by atoms with E-state index in [-0.39, 0.29) is 31.3 Å². The van der Waals surface area contributed by atoms with Crippen LogP contribution < -0.4 is 38.9 Å². The van der Waals surface area contributed by atoms with Crippen LogP contribution in [-0.4, -0.2) is 83.2 Å². The molecule has 0 saturated carbocycles. The average Bonchev–Trinajstić information content (AvgIpc) is 2.77. The van der Waals surface area contributed by atoms with Gasteiger partial charge >= 0.3 is 5.97 Å². The summed E-state index contributed by atoms with van der Waals surface area (Å²) in [5, 5.41) is 26.8. The number of aliphatic imine (C=N–C) groups is 1. The highest BCUT2D eigenvalue weighted by Gasteiger charge is 2.32. The molecule has 0 bridgehead atoms. The van der Waals surface area contributed by atoms with Crippen LogP contribution in [0, 0.1) is 5.92 Å². The maximum absolute atomic E-state index is 13.0. The summed E-state index contributed by atoms with van der Waals surface area (Å²) in [7, 11) is 0. The first kappa shape index (κ1) is 32.0. The van der Waals surface area contributed by atoms with Crippen LogP contribution in [0.25, 0.3) is 0 Å². The van der Waals surface area contributed by atoms with Gasteiger partial charge in [-0.3, -0.25) is 19.4 Å². The van der Waals surface area contributed by atoms with Crippen LogP contribution in [0.3, 0.4) is 0 Å². The zero-order valence-corrected chi connectivity index (χ0v) is 20.7. The van der Waals surface area contributed by atoms with Crippen molar-refractivity contribution in [2.45, 2.75) is 83.1 Å². The summed E-state index contributed by atoms with van der Waals surface area (Å²) in [5.41, 5.74) is 21.9. The number of aliphatic hydroxyl groups excluding tert-OH is 1. The summed E-state index contributed by atoms with van der Waals surface area (Å²) >= 11 is 0. The highest BCUT2D eigenvalue weighted by atomic mass is 16.4. The number of aliphatic hydroxyl groups is 1. The molecule has 0 aromatic carbocycles. The Morgan fingerprint density at radius 2 is 1.43 bits per heavy atom. The van der Waals surface area contributed by atoms with E-state index >= 15 is 0 Å². The predicted molar refractivity (Wildman–Crippen MR) is 131 cm³/mol. The number of nitrogens with zero attached hydrogens (tertiary/aromatic N) is 1. The number of hydrogen-bond acceptors (Lipinski definition) is 8. The van der Waals surface area contributed by atoms with Gasteiger partial charge in [0.2, 0.25) is 17.7 Å². The molecule has 0 aliphatic rings. The number of nitrogens with two attached hydrogens (primary N) is 4. The Morgan fingerprint density at radius 3 is 1.91 bits per heavy atom. The molecule has 0 aliphatic carbocycles. The van der Waals surface area contributed by atoms with E-state index in [0.29, 0.717) is 25.8 Å². The Labute approximate surface area is 205 Å². The number of amides is 3.